The number of ether oxygens (including phenoxy) is 2. The third kappa shape index (κ3) is 5.17. The van der Waals surface area contributed by atoms with E-state index in [0.29, 0.717) is 16.6 Å². The van der Waals surface area contributed by atoms with Gasteiger partial charge in [-0.15, -0.1) is 0 Å². The highest BCUT2D eigenvalue weighted by molar-refractivity contribution is 5.90. The van der Waals surface area contributed by atoms with Crippen molar-refractivity contribution in [1.82, 2.24) is 4.57 Å². The SMILES string of the molecule is CCOC(=O)/C=C/c1cc2cc(F)ccc2n1CC(=O)OC(C)(C)C. The number of rotatable bonds is 5. The van der Waals surface area contributed by atoms with Crippen LogP contribution < -0.4 is 0 Å². The Labute approximate surface area is 146 Å². The van der Waals surface area contributed by atoms with Crippen LogP contribution in [0.4, 0.5) is 4.39 Å². The molecule has 134 valence electrons. The van der Waals surface area contributed by atoms with Crippen molar-refractivity contribution in [3.8, 4) is 0 Å². The van der Waals surface area contributed by atoms with Gasteiger partial charge in [0.1, 0.15) is 18.0 Å². The molecular formula is C19H22FNO4. The van der Waals surface area contributed by atoms with Crippen LogP contribution in [-0.4, -0.2) is 28.7 Å². The molecule has 0 radical (unpaired) electrons. The lowest BCUT2D eigenvalue weighted by Crippen LogP contribution is -2.26. The Balaban J connectivity index is 2.39. The molecule has 0 aliphatic heterocycles. The van der Waals surface area contributed by atoms with Crippen molar-refractivity contribution in [2.24, 2.45) is 0 Å². The molecule has 0 saturated carbocycles. The standard InChI is InChI=1S/C19H22FNO4/c1-5-24-17(22)9-7-15-11-13-10-14(20)6-8-16(13)21(15)12-18(23)25-19(2,3)4/h6-11H,5,12H2,1-4H3/b9-7+. The van der Waals surface area contributed by atoms with Crippen LogP contribution in [-0.2, 0) is 25.6 Å². The highest BCUT2D eigenvalue weighted by atomic mass is 19.1. The summed E-state index contributed by atoms with van der Waals surface area (Å²) in [7, 11) is 0. The van der Waals surface area contributed by atoms with E-state index in [-0.39, 0.29) is 19.0 Å². The first kappa shape index (κ1) is 18.7. The average molecular weight is 347 g/mol. The fraction of sp³-hybridized carbons (Fsp3) is 0.368. The van der Waals surface area contributed by atoms with Gasteiger partial charge in [0.15, 0.2) is 0 Å². The van der Waals surface area contributed by atoms with Crippen LogP contribution in [0.2, 0.25) is 0 Å². The van der Waals surface area contributed by atoms with Gasteiger partial charge >= 0.3 is 11.9 Å². The second kappa shape index (κ2) is 7.51. The van der Waals surface area contributed by atoms with Crippen molar-refractivity contribution >= 4 is 28.9 Å². The van der Waals surface area contributed by atoms with Crippen molar-refractivity contribution in [3.63, 3.8) is 0 Å². The fourth-order valence-electron chi connectivity index (χ4n) is 2.42. The predicted molar refractivity (Wildman–Crippen MR) is 93.4 cm³/mol. The van der Waals surface area contributed by atoms with E-state index in [1.165, 1.54) is 18.2 Å². The number of aromatic nitrogens is 1. The Morgan fingerprint density at radius 1 is 1.24 bits per heavy atom. The first-order valence-electron chi connectivity index (χ1n) is 8.05. The molecule has 0 aliphatic rings. The minimum absolute atomic E-state index is 0.0467. The predicted octanol–water partition coefficient (Wildman–Crippen LogP) is 3.70. The van der Waals surface area contributed by atoms with Gasteiger partial charge < -0.3 is 14.0 Å². The number of fused-ring (bicyclic) bond motifs is 1. The van der Waals surface area contributed by atoms with Gasteiger partial charge in [-0.05, 0) is 58.0 Å². The van der Waals surface area contributed by atoms with Crippen LogP contribution in [0.3, 0.4) is 0 Å². The molecule has 0 bridgehead atoms. The zero-order chi connectivity index (χ0) is 18.6. The summed E-state index contributed by atoms with van der Waals surface area (Å²) >= 11 is 0. The summed E-state index contributed by atoms with van der Waals surface area (Å²) < 4.78 is 25.4. The molecule has 0 amide bonds. The van der Waals surface area contributed by atoms with Crippen molar-refractivity contribution < 1.29 is 23.5 Å². The highest BCUT2D eigenvalue weighted by Gasteiger charge is 2.18. The Bertz CT molecular complexity index is 815. The summed E-state index contributed by atoms with van der Waals surface area (Å²) in [5.74, 6) is -1.27. The van der Waals surface area contributed by atoms with E-state index in [2.05, 4.69) is 0 Å². The Hall–Kier alpha value is -2.63. The van der Waals surface area contributed by atoms with E-state index in [1.807, 2.05) is 0 Å². The van der Waals surface area contributed by atoms with E-state index >= 15 is 0 Å². The maximum Gasteiger partial charge on any atom is 0.330 e. The normalized spacial score (nSPS) is 11.9. The van der Waals surface area contributed by atoms with Gasteiger partial charge in [0.05, 0.1) is 6.61 Å². The third-order valence-corrected chi connectivity index (χ3v) is 3.28. The second-order valence-electron chi connectivity index (χ2n) is 6.53. The van der Waals surface area contributed by atoms with Crippen molar-refractivity contribution in [2.45, 2.75) is 39.8 Å². The molecule has 0 atom stereocenters. The molecule has 0 saturated heterocycles. The van der Waals surface area contributed by atoms with Crippen LogP contribution in [0.5, 0.6) is 0 Å². The van der Waals surface area contributed by atoms with Gasteiger partial charge in [-0.1, -0.05) is 0 Å². The van der Waals surface area contributed by atoms with Crippen molar-refractivity contribution in [3.05, 3.63) is 41.9 Å². The molecule has 5 nitrogen and oxygen atoms in total. The molecular weight excluding hydrogens is 325 g/mol. The Kier molecular flexibility index (Phi) is 5.62. The molecule has 0 aliphatic carbocycles. The van der Waals surface area contributed by atoms with E-state index in [4.69, 9.17) is 9.47 Å². The van der Waals surface area contributed by atoms with Gasteiger partial charge in [0.25, 0.3) is 0 Å². The summed E-state index contributed by atoms with van der Waals surface area (Å²) in [6.07, 6.45) is 2.82. The number of hydrogen-bond donors (Lipinski definition) is 0. The summed E-state index contributed by atoms with van der Waals surface area (Å²) in [6, 6.07) is 6.00. The Morgan fingerprint density at radius 2 is 1.96 bits per heavy atom. The minimum atomic E-state index is -0.604. The van der Waals surface area contributed by atoms with Crippen LogP contribution in [0, 0.1) is 5.82 Å². The number of halogens is 1. The van der Waals surface area contributed by atoms with Gasteiger partial charge in [-0.25, -0.2) is 9.18 Å². The number of hydrogen-bond acceptors (Lipinski definition) is 4. The summed E-state index contributed by atoms with van der Waals surface area (Å²) in [5.41, 5.74) is 0.655. The number of carbonyl (C=O) groups excluding carboxylic acids is 2. The van der Waals surface area contributed by atoms with Crippen LogP contribution in [0.25, 0.3) is 17.0 Å². The summed E-state index contributed by atoms with van der Waals surface area (Å²) in [4.78, 5) is 23.7. The van der Waals surface area contributed by atoms with Crippen LogP contribution >= 0.6 is 0 Å². The largest absolute Gasteiger partial charge is 0.463 e. The number of carbonyl (C=O) groups is 2. The van der Waals surface area contributed by atoms with Gasteiger partial charge in [0.2, 0.25) is 0 Å². The van der Waals surface area contributed by atoms with Gasteiger partial charge in [-0.2, -0.15) is 0 Å². The molecule has 1 aromatic carbocycles. The molecule has 0 spiro atoms. The molecule has 1 heterocycles. The molecule has 0 N–H and O–H groups in total. The zero-order valence-corrected chi connectivity index (χ0v) is 14.8. The van der Waals surface area contributed by atoms with Crippen molar-refractivity contribution in [2.75, 3.05) is 6.61 Å². The number of esters is 2. The maximum absolute atomic E-state index is 13.5. The smallest absolute Gasteiger partial charge is 0.330 e. The molecule has 2 rings (SSSR count). The molecule has 0 fully saturated rings. The average Bonchev–Trinajstić information content (AvgIpc) is 2.80. The van der Waals surface area contributed by atoms with Gasteiger partial charge in [0, 0.05) is 22.7 Å². The van der Waals surface area contributed by atoms with E-state index in [1.54, 1.807) is 50.5 Å². The maximum atomic E-state index is 13.5. The van der Waals surface area contributed by atoms with Crippen molar-refractivity contribution in [1.29, 1.82) is 0 Å². The topological polar surface area (TPSA) is 57.5 Å². The van der Waals surface area contributed by atoms with E-state index < -0.39 is 17.5 Å². The van der Waals surface area contributed by atoms with Gasteiger partial charge in [-0.3, -0.25) is 4.79 Å². The monoisotopic (exact) mass is 347 g/mol. The quantitative estimate of drug-likeness (QED) is 0.611. The number of nitrogens with zero attached hydrogens (tertiary/aromatic N) is 1. The molecule has 25 heavy (non-hydrogen) atoms. The third-order valence-electron chi connectivity index (χ3n) is 3.28. The second-order valence-corrected chi connectivity index (χ2v) is 6.53. The molecule has 6 heteroatoms. The summed E-state index contributed by atoms with van der Waals surface area (Å²) in [5, 5.41) is 0.632. The fourth-order valence-corrected chi connectivity index (χ4v) is 2.42. The van der Waals surface area contributed by atoms with E-state index in [9.17, 15) is 14.0 Å². The molecule has 2 aromatic rings. The minimum Gasteiger partial charge on any atom is -0.463 e. The lowest BCUT2D eigenvalue weighted by molar-refractivity contribution is -0.155. The number of benzene rings is 1. The lowest BCUT2D eigenvalue weighted by atomic mass is 10.2. The van der Waals surface area contributed by atoms with E-state index in [0.717, 1.165) is 0 Å². The summed E-state index contributed by atoms with van der Waals surface area (Å²) in [6.45, 7) is 7.30. The Morgan fingerprint density at radius 3 is 2.60 bits per heavy atom. The molecule has 1 aromatic heterocycles. The first-order valence-corrected chi connectivity index (χ1v) is 8.05. The highest BCUT2D eigenvalue weighted by Crippen LogP contribution is 2.23. The van der Waals surface area contributed by atoms with Crippen LogP contribution in [0.1, 0.15) is 33.4 Å². The molecule has 0 unspecified atom stereocenters. The van der Waals surface area contributed by atoms with Crippen LogP contribution in [0.15, 0.2) is 30.3 Å². The zero-order valence-electron chi connectivity index (χ0n) is 14.8. The first-order chi connectivity index (χ1) is 11.7. The lowest BCUT2D eigenvalue weighted by Gasteiger charge is -2.20.